The molecule has 0 saturated carbocycles. The highest BCUT2D eigenvalue weighted by atomic mass is 32.1. The van der Waals surface area contributed by atoms with Gasteiger partial charge in [0.15, 0.2) is 17.5 Å². The Morgan fingerprint density at radius 3 is 1.65 bits per heavy atom. The van der Waals surface area contributed by atoms with Crippen molar-refractivity contribution in [1.82, 2.24) is 15.0 Å². The third kappa shape index (κ3) is 5.25. The molecule has 0 spiro atoms. The van der Waals surface area contributed by atoms with Crippen molar-refractivity contribution in [2.75, 3.05) is 0 Å². The maximum Gasteiger partial charge on any atom is 0.164 e. The first-order chi connectivity index (χ1) is 25.2. The van der Waals surface area contributed by atoms with Crippen LogP contribution in [-0.2, 0) is 0 Å². The Hall–Kier alpha value is -6.49. The number of nitrogens with zero attached hydrogens (tertiary/aromatic N) is 3. The first kappa shape index (κ1) is 29.4. The van der Waals surface area contributed by atoms with Gasteiger partial charge in [0.05, 0.1) is 0 Å². The second kappa shape index (κ2) is 12.1. The fourth-order valence-electron chi connectivity index (χ4n) is 7.22. The third-order valence-electron chi connectivity index (χ3n) is 9.69. The van der Waals surface area contributed by atoms with Crippen LogP contribution in [0, 0.1) is 0 Å². The minimum absolute atomic E-state index is 0.638. The van der Waals surface area contributed by atoms with Crippen LogP contribution in [-0.4, -0.2) is 15.0 Å². The van der Waals surface area contributed by atoms with Crippen molar-refractivity contribution in [2.24, 2.45) is 0 Å². The van der Waals surface area contributed by atoms with Gasteiger partial charge in [-0.3, -0.25) is 0 Å². The number of thiophene rings is 1. The van der Waals surface area contributed by atoms with Gasteiger partial charge >= 0.3 is 0 Å². The number of rotatable bonds is 5. The van der Waals surface area contributed by atoms with E-state index < -0.39 is 0 Å². The summed E-state index contributed by atoms with van der Waals surface area (Å²) in [4.78, 5) is 15.8. The Morgan fingerprint density at radius 1 is 0.314 bits per heavy atom. The molecule has 0 bridgehead atoms. The van der Waals surface area contributed by atoms with E-state index in [-0.39, 0.29) is 0 Å². The molecule has 0 atom stereocenters. The van der Waals surface area contributed by atoms with Crippen LogP contribution in [0.1, 0.15) is 0 Å². The first-order valence-corrected chi connectivity index (χ1v) is 17.9. The van der Waals surface area contributed by atoms with Gasteiger partial charge < -0.3 is 0 Å². The van der Waals surface area contributed by atoms with Crippen LogP contribution in [0.4, 0.5) is 0 Å². The van der Waals surface area contributed by atoms with Gasteiger partial charge in [-0.2, -0.15) is 0 Å². The van der Waals surface area contributed by atoms with Crippen molar-refractivity contribution in [1.29, 1.82) is 0 Å². The Balaban J connectivity index is 1.25. The Labute approximate surface area is 299 Å². The summed E-state index contributed by atoms with van der Waals surface area (Å²) < 4.78 is 2.49. The van der Waals surface area contributed by atoms with Crippen LogP contribution in [0.2, 0.25) is 0 Å². The first-order valence-electron chi connectivity index (χ1n) is 17.1. The zero-order valence-corrected chi connectivity index (χ0v) is 28.3. The second-order valence-electron chi connectivity index (χ2n) is 12.8. The number of benzene rings is 8. The van der Waals surface area contributed by atoms with Crippen LogP contribution in [0.25, 0.3) is 98.1 Å². The fraction of sp³-hybridized carbons (Fsp3) is 0. The monoisotopic (exact) mass is 667 g/mol. The van der Waals surface area contributed by atoms with Gasteiger partial charge in [0.2, 0.25) is 0 Å². The number of fused-ring (bicyclic) bond motifs is 6. The van der Waals surface area contributed by atoms with Crippen LogP contribution < -0.4 is 0 Å². The highest BCUT2D eigenvalue weighted by Gasteiger charge is 2.18. The molecule has 0 radical (unpaired) electrons. The van der Waals surface area contributed by atoms with Crippen molar-refractivity contribution in [3.63, 3.8) is 0 Å². The molecule has 8 aromatic carbocycles. The molecular formula is C47H29N3S. The fourth-order valence-corrected chi connectivity index (χ4v) is 8.36. The highest BCUT2D eigenvalue weighted by Crippen LogP contribution is 2.39. The molecule has 3 nitrogen and oxygen atoms in total. The molecule has 0 aliphatic rings. The largest absolute Gasteiger partial charge is 0.208 e. The van der Waals surface area contributed by atoms with E-state index in [1.807, 2.05) is 0 Å². The van der Waals surface area contributed by atoms with E-state index in [0.717, 1.165) is 49.7 Å². The molecular weight excluding hydrogens is 639 g/mol. The summed E-state index contributed by atoms with van der Waals surface area (Å²) in [6, 6.07) is 62.2. The molecule has 0 saturated heterocycles. The van der Waals surface area contributed by atoms with Gasteiger partial charge in [-0.1, -0.05) is 146 Å². The van der Waals surface area contributed by atoms with E-state index >= 15 is 0 Å². The number of aromatic nitrogens is 3. The molecule has 4 heteroatoms. The zero-order chi connectivity index (χ0) is 33.7. The summed E-state index contributed by atoms with van der Waals surface area (Å²) in [5, 5.41) is 7.18. The van der Waals surface area contributed by atoms with Gasteiger partial charge in [0.25, 0.3) is 0 Å². The molecule has 0 unspecified atom stereocenters. The summed E-state index contributed by atoms with van der Waals surface area (Å²) in [5.41, 5.74) is 7.39. The van der Waals surface area contributed by atoms with Gasteiger partial charge in [-0.05, 0) is 68.7 Å². The topological polar surface area (TPSA) is 38.7 Å². The summed E-state index contributed by atoms with van der Waals surface area (Å²) in [6.45, 7) is 0. The standard InChI is InChI=1S/C47H29N3S/c1-3-12-30(13-4-1)35-26-36(31-14-5-2-6-15-31)28-37(27-35)46-48-45(34-24-25-40-39-19-9-10-21-42(39)51-43(40)29-34)49-47(50-46)41-20-11-17-33-23-22-32-16-7-8-18-38(32)44(33)41/h1-29H. The highest BCUT2D eigenvalue weighted by molar-refractivity contribution is 7.25. The summed E-state index contributed by atoms with van der Waals surface area (Å²) in [7, 11) is 0. The normalized spacial score (nSPS) is 11.5. The van der Waals surface area contributed by atoms with E-state index in [9.17, 15) is 0 Å². The molecule has 0 aliphatic carbocycles. The van der Waals surface area contributed by atoms with Gasteiger partial charge in [-0.25, -0.2) is 15.0 Å². The predicted molar refractivity (Wildman–Crippen MR) is 215 cm³/mol. The van der Waals surface area contributed by atoms with Crippen molar-refractivity contribution in [3.8, 4) is 56.4 Å². The molecule has 0 aliphatic heterocycles. The molecule has 51 heavy (non-hydrogen) atoms. The van der Waals surface area contributed by atoms with Gasteiger partial charge in [0.1, 0.15) is 0 Å². The van der Waals surface area contributed by atoms with Crippen LogP contribution in [0.3, 0.4) is 0 Å². The lowest BCUT2D eigenvalue weighted by atomic mass is 9.95. The minimum atomic E-state index is 0.638. The predicted octanol–water partition coefficient (Wildman–Crippen LogP) is 12.9. The van der Waals surface area contributed by atoms with E-state index in [1.54, 1.807) is 11.3 Å². The average molecular weight is 668 g/mol. The van der Waals surface area contributed by atoms with Gasteiger partial charge in [-0.15, -0.1) is 11.3 Å². The van der Waals surface area contributed by atoms with Crippen molar-refractivity contribution in [3.05, 3.63) is 176 Å². The Kier molecular flexibility index (Phi) is 7.00. The number of hydrogen-bond donors (Lipinski definition) is 0. The van der Waals surface area contributed by atoms with Crippen molar-refractivity contribution < 1.29 is 0 Å². The lowest BCUT2D eigenvalue weighted by Gasteiger charge is -2.14. The molecule has 2 heterocycles. The summed E-state index contributed by atoms with van der Waals surface area (Å²) in [5.74, 6) is 1.94. The third-order valence-corrected chi connectivity index (χ3v) is 10.8. The lowest BCUT2D eigenvalue weighted by Crippen LogP contribution is -2.01. The van der Waals surface area contributed by atoms with Crippen molar-refractivity contribution >= 4 is 53.1 Å². The molecule has 238 valence electrons. The zero-order valence-electron chi connectivity index (χ0n) is 27.5. The summed E-state index contributed by atoms with van der Waals surface area (Å²) in [6.07, 6.45) is 0. The minimum Gasteiger partial charge on any atom is -0.208 e. The maximum absolute atomic E-state index is 5.30. The number of hydrogen-bond acceptors (Lipinski definition) is 4. The second-order valence-corrected chi connectivity index (χ2v) is 13.9. The Bertz CT molecular complexity index is 2860. The molecule has 10 rings (SSSR count). The molecule has 10 aromatic rings. The van der Waals surface area contributed by atoms with E-state index in [4.69, 9.17) is 15.0 Å². The SMILES string of the molecule is c1ccc(-c2cc(-c3ccccc3)cc(-c3nc(-c4ccc5c(c4)sc4ccccc45)nc(-c4cccc5ccc6ccccc6c45)n3)c2)cc1. The maximum atomic E-state index is 5.30. The molecule has 0 amide bonds. The average Bonchev–Trinajstić information content (AvgIpc) is 3.59. The quantitative estimate of drug-likeness (QED) is 0.171. The van der Waals surface area contributed by atoms with E-state index in [2.05, 4.69) is 176 Å². The van der Waals surface area contributed by atoms with Crippen molar-refractivity contribution in [2.45, 2.75) is 0 Å². The molecule has 2 aromatic heterocycles. The van der Waals surface area contributed by atoms with Crippen LogP contribution in [0.15, 0.2) is 176 Å². The summed E-state index contributed by atoms with van der Waals surface area (Å²) >= 11 is 1.80. The van der Waals surface area contributed by atoms with E-state index in [1.165, 1.54) is 30.9 Å². The van der Waals surface area contributed by atoms with Crippen LogP contribution in [0.5, 0.6) is 0 Å². The van der Waals surface area contributed by atoms with Crippen LogP contribution >= 0.6 is 11.3 Å². The Morgan fingerprint density at radius 2 is 0.882 bits per heavy atom. The lowest BCUT2D eigenvalue weighted by molar-refractivity contribution is 1.08. The molecule has 0 N–H and O–H groups in total. The smallest absolute Gasteiger partial charge is 0.164 e. The molecule has 0 fully saturated rings. The van der Waals surface area contributed by atoms with Gasteiger partial charge in [0, 0.05) is 42.2 Å². The van der Waals surface area contributed by atoms with E-state index in [0.29, 0.717) is 17.5 Å².